The van der Waals surface area contributed by atoms with Crippen molar-refractivity contribution in [2.45, 2.75) is 13.3 Å². The van der Waals surface area contributed by atoms with Gasteiger partial charge >= 0.3 is 0 Å². The average molecular weight is 168 g/mol. The van der Waals surface area contributed by atoms with Crippen molar-refractivity contribution in [2.24, 2.45) is 16.6 Å². The lowest BCUT2D eigenvalue weighted by Gasteiger charge is -2.10. The zero-order valence-corrected chi connectivity index (χ0v) is 7.49. The van der Waals surface area contributed by atoms with Gasteiger partial charge in [-0.15, -0.1) is 0 Å². The van der Waals surface area contributed by atoms with Crippen LogP contribution >= 0.6 is 0 Å². The minimum Gasteiger partial charge on any atom is -0.387 e. The van der Waals surface area contributed by atoms with Crippen LogP contribution in [0.15, 0.2) is 17.1 Å². The molecular weight excluding hydrogens is 152 g/mol. The smallest absolute Gasteiger partial charge is 0.0995 e. The first-order chi connectivity index (χ1) is 5.84. The lowest BCUT2D eigenvalue weighted by molar-refractivity contribution is 0.130. The van der Waals surface area contributed by atoms with E-state index in [0.29, 0.717) is 19.8 Å². The van der Waals surface area contributed by atoms with Crippen LogP contribution in [0.3, 0.4) is 0 Å². The molecule has 3 nitrogen and oxygen atoms in total. The summed E-state index contributed by atoms with van der Waals surface area (Å²) in [5.41, 5.74) is 5.76. The predicted molar refractivity (Wildman–Crippen MR) is 50.2 cm³/mol. The summed E-state index contributed by atoms with van der Waals surface area (Å²) >= 11 is 0. The second kappa shape index (κ2) is 4.93. The van der Waals surface area contributed by atoms with Crippen LogP contribution in [0, 0.1) is 5.92 Å². The van der Waals surface area contributed by atoms with Crippen molar-refractivity contribution in [1.82, 2.24) is 0 Å². The maximum Gasteiger partial charge on any atom is 0.0995 e. The van der Waals surface area contributed by atoms with Crippen LogP contribution < -0.4 is 5.73 Å². The first-order valence-corrected chi connectivity index (χ1v) is 4.33. The molecule has 0 bridgehead atoms. The molecule has 2 N–H and O–H groups in total. The zero-order valence-electron chi connectivity index (χ0n) is 7.49. The molecule has 1 rings (SSSR count). The van der Waals surface area contributed by atoms with Gasteiger partial charge in [-0.05, 0) is 13.3 Å². The maximum atomic E-state index is 5.76. The highest BCUT2D eigenvalue weighted by Gasteiger charge is 2.13. The van der Waals surface area contributed by atoms with E-state index in [4.69, 9.17) is 10.5 Å². The van der Waals surface area contributed by atoms with Crippen molar-refractivity contribution in [1.29, 1.82) is 0 Å². The van der Waals surface area contributed by atoms with Crippen LogP contribution in [-0.2, 0) is 4.74 Å². The number of ether oxygens (including phenoxy) is 1. The summed E-state index contributed by atoms with van der Waals surface area (Å²) in [6.45, 7) is 4.12. The quantitative estimate of drug-likeness (QED) is 0.624. The van der Waals surface area contributed by atoms with Crippen molar-refractivity contribution < 1.29 is 4.74 Å². The molecule has 0 spiro atoms. The van der Waals surface area contributed by atoms with Crippen molar-refractivity contribution in [2.75, 3.05) is 19.8 Å². The van der Waals surface area contributed by atoms with Gasteiger partial charge in [0.1, 0.15) is 0 Å². The number of rotatable bonds is 2. The molecule has 1 aliphatic rings. The molecule has 0 aromatic rings. The number of hydrogen-bond acceptors (Lipinski definition) is 3. The second-order valence-corrected chi connectivity index (χ2v) is 2.88. The molecule has 0 radical (unpaired) electrons. The van der Waals surface area contributed by atoms with E-state index in [1.807, 2.05) is 13.0 Å². The monoisotopic (exact) mass is 168 g/mol. The normalized spacial score (nSPS) is 25.4. The van der Waals surface area contributed by atoms with Crippen molar-refractivity contribution in [3.05, 3.63) is 12.2 Å². The van der Waals surface area contributed by atoms with Gasteiger partial charge in [-0.3, -0.25) is 4.99 Å². The summed E-state index contributed by atoms with van der Waals surface area (Å²) in [6.07, 6.45) is 5.06. The minimum absolute atomic E-state index is 0.281. The lowest BCUT2D eigenvalue weighted by Crippen LogP contribution is -2.25. The predicted octanol–water partition coefficient (Wildman–Crippen LogP) is 0.956. The molecule has 0 aromatic carbocycles. The molecular formula is C9H16N2O. The van der Waals surface area contributed by atoms with Gasteiger partial charge in [-0.25, -0.2) is 0 Å². The number of allylic oxidation sites excluding steroid dienone is 2. The van der Waals surface area contributed by atoms with Crippen LogP contribution in [0.4, 0.5) is 0 Å². The Balaban J connectivity index is 2.48. The van der Waals surface area contributed by atoms with E-state index < -0.39 is 0 Å². The highest BCUT2D eigenvalue weighted by atomic mass is 16.5. The summed E-state index contributed by atoms with van der Waals surface area (Å²) in [5.74, 6) is 1.02. The van der Waals surface area contributed by atoms with Gasteiger partial charge in [0.2, 0.25) is 0 Å². The number of hydrogen-bond donors (Lipinski definition) is 1. The topological polar surface area (TPSA) is 47.6 Å². The van der Waals surface area contributed by atoms with Gasteiger partial charge < -0.3 is 10.5 Å². The molecule has 3 heteroatoms. The van der Waals surface area contributed by atoms with Crippen LogP contribution in [0.2, 0.25) is 0 Å². The molecule has 0 saturated carbocycles. The molecule has 0 saturated heterocycles. The third-order valence-electron chi connectivity index (χ3n) is 1.92. The van der Waals surface area contributed by atoms with Crippen LogP contribution in [-0.4, -0.2) is 25.6 Å². The zero-order chi connectivity index (χ0) is 8.81. The Hall–Kier alpha value is -0.830. The standard InChI is InChI=1S/C9H16N2O/c1-2-3-4-8-7-12-6-5-11-9(8)10/h2-3,8H,4-7H2,1H3,(H2,10,11)/b3-2+. The number of nitrogens with two attached hydrogens (primary N) is 1. The first-order valence-electron chi connectivity index (χ1n) is 4.33. The first kappa shape index (κ1) is 9.26. The largest absolute Gasteiger partial charge is 0.387 e. The Bertz CT molecular complexity index is 187. The van der Waals surface area contributed by atoms with Gasteiger partial charge in [0.15, 0.2) is 0 Å². The fourth-order valence-electron chi connectivity index (χ4n) is 1.17. The molecule has 0 fully saturated rings. The second-order valence-electron chi connectivity index (χ2n) is 2.88. The maximum absolute atomic E-state index is 5.76. The molecule has 1 heterocycles. The summed E-state index contributed by atoms with van der Waals surface area (Å²) in [6, 6.07) is 0. The summed E-state index contributed by atoms with van der Waals surface area (Å²) in [7, 11) is 0. The third kappa shape index (κ3) is 2.66. The Morgan fingerprint density at radius 1 is 1.75 bits per heavy atom. The minimum atomic E-state index is 0.281. The van der Waals surface area contributed by atoms with Crippen molar-refractivity contribution >= 4 is 5.84 Å². The van der Waals surface area contributed by atoms with Crippen LogP contribution in [0.5, 0.6) is 0 Å². The van der Waals surface area contributed by atoms with Gasteiger partial charge in [0.05, 0.1) is 25.6 Å². The third-order valence-corrected chi connectivity index (χ3v) is 1.92. The fourth-order valence-corrected chi connectivity index (χ4v) is 1.17. The van der Waals surface area contributed by atoms with Crippen LogP contribution in [0.1, 0.15) is 13.3 Å². The van der Waals surface area contributed by atoms with E-state index in [-0.39, 0.29) is 5.92 Å². The fraction of sp³-hybridized carbons (Fsp3) is 0.667. The van der Waals surface area contributed by atoms with E-state index in [0.717, 1.165) is 12.3 Å². The highest BCUT2D eigenvalue weighted by molar-refractivity contribution is 5.83. The van der Waals surface area contributed by atoms with E-state index in [2.05, 4.69) is 11.1 Å². The van der Waals surface area contributed by atoms with E-state index in [1.54, 1.807) is 0 Å². The Kier molecular flexibility index (Phi) is 3.80. The Labute approximate surface area is 73.3 Å². The highest BCUT2D eigenvalue weighted by Crippen LogP contribution is 2.08. The van der Waals surface area contributed by atoms with Gasteiger partial charge in [0, 0.05) is 5.92 Å². The van der Waals surface area contributed by atoms with Crippen molar-refractivity contribution in [3.8, 4) is 0 Å². The SMILES string of the molecule is C/C=C/CC1COCCN=C1N. The summed E-state index contributed by atoms with van der Waals surface area (Å²) in [5, 5.41) is 0. The van der Waals surface area contributed by atoms with E-state index >= 15 is 0 Å². The molecule has 12 heavy (non-hydrogen) atoms. The molecule has 1 aliphatic heterocycles. The molecule has 1 atom stereocenters. The van der Waals surface area contributed by atoms with Gasteiger partial charge in [-0.2, -0.15) is 0 Å². The van der Waals surface area contributed by atoms with Gasteiger partial charge in [0.25, 0.3) is 0 Å². The summed E-state index contributed by atoms with van der Waals surface area (Å²) in [4.78, 5) is 4.19. The molecule has 68 valence electrons. The van der Waals surface area contributed by atoms with Crippen molar-refractivity contribution in [3.63, 3.8) is 0 Å². The van der Waals surface area contributed by atoms with Gasteiger partial charge in [-0.1, -0.05) is 12.2 Å². The Morgan fingerprint density at radius 2 is 2.58 bits per heavy atom. The average Bonchev–Trinajstić information content (AvgIpc) is 2.27. The molecule has 1 unspecified atom stereocenters. The molecule has 0 amide bonds. The molecule has 0 aliphatic carbocycles. The summed E-state index contributed by atoms with van der Waals surface area (Å²) < 4.78 is 5.35. The Morgan fingerprint density at radius 3 is 3.33 bits per heavy atom. The number of nitrogens with zero attached hydrogens (tertiary/aromatic N) is 1. The van der Waals surface area contributed by atoms with E-state index in [9.17, 15) is 0 Å². The molecule has 0 aromatic heterocycles. The van der Waals surface area contributed by atoms with E-state index in [1.165, 1.54) is 0 Å². The lowest BCUT2D eigenvalue weighted by atomic mass is 10.1. The van der Waals surface area contributed by atoms with Crippen LogP contribution in [0.25, 0.3) is 0 Å². The number of amidine groups is 1. The number of aliphatic imine (C=N–C) groups is 1.